The molecule has 6 nitrogen and oxygen atoms in total. The van der Waals surface area contributed by atoms with Crippen molar-refractivity contribution in [3.63, 3.8) is 0 Å². The minimum atomic E-state index is -0.595. The van der Waals surface area contributed by atoms with Gasteiger partial charge < -0.3 is 5.73 Å². The fraction of sp³-hybridized carbons (Fsp3) is 0. The third-order valence-corrected chi connectivity index (χ3v) is 0.638. The van der Waals surface area contributed by atoms with Gasteiger partial charge in [-0.3, -0.25) is 10.2 Å². The van der Waals surface area contributed by atoms with Gasteiger partial charge in [-0.1, -0.05) is 0 Å². The van der Waals surface area contributed by atoms with Crippen molar-refractivity contribution in [3.8, 4) is 0 Å². The van der Waals surface area contributed by atoms with Crippen LogP contribution in [0.25, 0.3) is 0 Å². The van der Waals surface area contributed by atoms with E-state index in [1.165, 1.54) is 0 Å². The van der Waals surface area contributed by atoms with E-state index in [1.807, 2.05) is 0 Å². The van der Waals surface area contributed by atoms with Gasteiger partial charge in [0.1, 0.15) is 0 Å². The van der Waals surface area contributed by atoms with E-state index in [4.69, 9.17) is 5.73 Å². The first-order valence-corrected chi connectivity index (χ1v) is 1.94. The van der Waals surface area contributed by atoms with E-state index in [-0.39, 0.29) is 5.84 Å². The molecule has 1 rings (SSSR count). The molecule has 0 unspecified atom stereocenters. The molecule has 0 aromatic carbocycles. The standard InChI is InChI=1S/C2H5N5O/c3-1(8)2-4-6-7-5-2/h6-7H,(H2,3,8)(H,4,5). The van der Waals surface area contributed by atoms with Crippen molar-refractivity contribution in [1.29, 1.82) is 0 Å². The Bertz CT molecular complexity index is 139. The summed E-state index contributed by atoms with van der Waals surface area (Å²) in [5.74, 6) is -0.507. The lowest BCUT2D eigenvalue weighted by atomic mass is 10.6. The molecule has 0 bridgehead atoms. The van der Waals surface area contributed by atoms with Gasteiger partial charge in [0, 0.05) is 0 Å². The second kappa shape index (κ2) is 1.66. The fourth-order valence-corrected chi connectivity index (χ4v) is 0.316. The minimum Gasteiger partial charge on any atom is -0.363 e. The lowest BCUT2D eigenvalue weighted by Gasteiger charge is -1.90. The number of hydrogen-bond acceptors (Lipinski definition) is 5. The van der Waals surface area contributed by atoms with Crippen molar-refractivity contribution in [2.45, 2.75) is 0 Å². The van der Waals surface area contributed by atoms with Crippen molar-refractivity contribution >= 4 is 11.7 Å². The Labute approximate surface area is 45.1 Å². The Morgan fingerprint density at radius 1 is 1.75 bits per heavy atom. The molecule has 0 saturated heterocycles. The summed E-state index contributed by atoms with van der Waals surface area (Å²) in [6, 6.07) is 0. The lowest BCUT2D eigenvalue weighted by molar-refractivity contribution is -0.112. The highest BCUT2D eigenvalue weighted by atomic mass is 16.1. The highest BCUT2D eigenvalue weighted by molar-refractivity contribution is 6.37. The number of rotatable bonds is 1. The maximum Gasteiger partial charge on any atom is 0.287 e. The van der Waals surface area contributed by atoms with Gasteiger partial charge in [0.05, 0.1) is 0 Å². The topological polar surface area (TPSA) is 91.5 Å². The van der Waals surface area contributed by atoms with Gasteiger partial charge in [-0.25, -0.2) is 5.53 Å². The molecule has 0 aromatic rings. The molecule has 6 heteroatoms. The number of amidine groups is 1. The van der Waals surface area contributed by atoms with Crippen molar-refractivity contribution in [3.05, 3.63) is 0 Å². The number of carbonyl (C=O) groups excluding carboxylic acids is 1. The predicted molar refractivity (Wildman–Crippen MR) is 26.0 cm³/mol. The van der Waals surface area contributed by atoms with Crippen LogP contribution in [-0.2, 0) is 4.79 Å². The molecule has 1 aliphatic heterocycles. The Morgan fingerprint density at radius 3 is 2.75 bits per heavy atom. The molecular weight excluding hydrogens is 110 g/mol. The summed E-state index contributed by atoms with van der Waals surface area (Å²) in [6.45, 7) is 0. The van der Waals surface area contributed by atoms with Crippen LogP contribution in [0.3, 0.4) is 0 Å². The van der Waals surface area contributed by atoms with Crippen LogP contribution < -0.4 is 22.2 Å². The molecule has 0 saturated carbocycles. The Kier molecular flexibility index (Phi) is 1.01. The van der Waals surface area contributed by atoms with Gasteiger partial charge in [-0.05, 0) is 0 Å². The number of nitrogens with zero attached hydrogens (tertiary/aromatic N) is 1. The Morgan fingerprint density at radius 2 is 2.50 bits per heavy atom. The zero-order valence-corrected chi connectivity index (χ0v) is 3.93. The molecule has 0 radical (unpaired) electrons. The fourth-order valence-electron chi connectivity index (χ4n) is 0.316. The summed E-state index contributed by atoms with van der Waals surface area (Å²) in [5.41, 5.74) is 11.8. The van der Waals surface area contributed by atoms with E-state index in [9.17, 15) is 4.79 Å². The summed E-state index contributed by atoms with van der Waals surface area (Å²) >= 11 is 0. The maximum atomic E-state index is 10.2. The lowest BCUT2D eigenvalue weighted by Crippen LogP contribution is -2.40. The van der Waals surface area contributed by atoms with Crippen LogP contribution in [0.4, 0.5) is 0 Å². The van der Waals surface area contributed by atoms with Crippen molar-refractivity contribution in [2.24, 2.45) is 10.8 Å². The number of carbonyl (C=O) groups is 1. The largest absolute Gasteiger partial charge is 0.363 e. The summed E-state index contributed by atoms with van der Waals surface area (Å²) in [7, 11) is 0. The molecule has 0 fully saturated rings. The molecule has 8 heavy (non-hydrogen) atoms. The van der Waals surface area contributed by atoms with E-state index >= 15 is 0 Å². The van der Waals surface area contributed by atoms with Gasteiger partial charge in [0.2, 0.25) is 5.84 Å². The second-order valence-electron chi connectivity index (χ2n) is 1.19. The summed E-state index contributed by atoms with van der Waals surface area (Å²) in [5, 5.41) is 3.41. The average molecular weight is 115 g/mol. The van der Waals surface area contributed by atoms with E-state index in [1.54, 1.807) is 0 Å². The molecule has 1 amide bonds. The quantitative estimate of drug-likeness (QED) is 0.301. The van der Waals surface area contributed by atoms with E-state index < -0.39 is 5.91 Å². The van der Waals surface area contributed by atoms with Gasteiger partial charge in [-0.2, -0.15) is 0 Å². The molecule has 0 aromatic heterocycles. The molecule has 5 N–H and O–H groups in total. The van der Waals surface area contributed by atoms with Crippen LogP contribution in [0.1, 0.15) is 0 Å². The average Bonchev–Trinajstić information content (AvgIpc) is 2.12. The SMILES string of the molecule is NC(=O)C1=NNNN1. The predicted octanol–water partition coefficient (Wildman–Crippen LogP) is -2.60. The van der Waals surface area contributed by atoms with Crippen molar-refractivity contribution in [1.82, 2.24) is 16.5 Å². The van der Waals surface area contributed by atoms with Crippen LogP contribution in [-0.4, -0.2) is 11.7 Å². The van der Waals surface area contributed by atoms with E-state index in [0.717, 1.165) is 0 Å². The van der Waals surface area contributed by atoms with Gasteiger partial charge >= 0.3 is 0 Å². The molecule has 0 aliphatic carbocycles. The van der Waals surface area contributed by atoms with Crippen LogP contribution in [0.5, 0.6) is 0 Å². The third-order valence-electron chi connectivity index (χ3n) is 0.638. The van der Waals surface area contributed by atoms with E-state index in [0.29, 0.717) is 0 Å². The highest BCUT2D eigenvalue weighted by Gasteiger charge is 2.08. The number of amides is 1. The van der Waals surface area contributed by atoms with Crippen LogP contribution in [0, 0.1) is 0 Å². The Hall–Kier alpha value is -1.30. The molecule has 0 atom stereocenters. The maximum absolute atomic E-state index is 10.2. The number of nitrogens with two attached hydrogens (primary N) is 1. The summed E-state index contributed by atoms with van der Waals surface area (Å²) < 4.78 is 0. The summed E-state index contributed by atoms with van der Waals surface area (Å²) in [6.07, 6.45) is 0. The molecular formula is C2H5N5O. The van der Waals surface area contributed by atoms with Gasteiger partial charge in [0.15, 0.2) is 0 Å². The molecule has 1 aliphatic rings. The van der Waals surface area contributed by atoms with Crippen LogP contribution in [0.2, 0.25) is 0 Å². The highest BCUT2D eigenvalue weighted by Crippen LogP contribution is 1.69. The number of hydrogen-bond donors (Lipinski definition) is 4. The monoisotopic (exact) mass is 115 g/mol. The Balaban J connectivity index is 2.57. The second-order valence-corrected chi connectivity index (χ2v) is 1.19. The van der Waals surface area contributed by atoms with Crippen LogP contribution in [0.15, 0.2) is 5.10 Å². The van der Waals surface area contributed by atoms with Crippen molar-refractivity contribution in [2.75, 3.05) is 0 Å². The number of nitrogens with one attached hydrogen (secondary N) is 3. The van der Waals surface area contributed by atoms with E-state index in [2.05, 4.69) is 21.6 Å². The molecule has 44 valence electrons. The smallest absolute Gasteiger partial charge is 0.287 e. The molecule has 1 heterocycles. The van der Waals surface area contributed by atoms with Crippen LogP contribution >= 0.6 is 0 Å². The zero-order valence-electron chi connectivity index (χ0n) is 3.93. The molecule has 0 spiro atoms. The first-order valence-electron chi connectivity index (χ1n) is 1.94. The summed E-state index contributed by atoms with van der Waals surface area (Å²) in [4.78, 5) is 10.2. The first kappa shape index (κ1) is 4.85. The minimum absolute atomic E-state index is 0.0880. The van der Waals surface area contributed by atoms with Crippen molar-refractivity contribution < 1.29 is 4.79 Å². The number of primary amides is 1. The number of hydrazine groups is 2. The third kappa shape index (κ3) is 0.684. The zero-order chi connectivity index (χ0) is 5.98. The number of hydrazone groups is 1. The first-order chi connectivity index (χ1) is 3.80. The normalized spacial score (nSPS) is 16.2. The van der Waals surface area contributed by atoms with Gasteiger partial charge in [0.25, 0.3) is 5.91 Å². The van der Waals surface area contributed by atoms with Gasteiger partial charge in [-0.15, -0.1) is 10.6 Å².